The molecule has 0 saturated heterocycles. The number of phenolic OH excluding ortho intramolecular Hbond substituents is 1. The maximum absolute atomic E-state index is 10.4. The van der Waals surface area contributed by atoms with Crippen molar-refractivity contribution in [3.05, 3.63) is 24.1 Å². The zero-order valence-electron chi connectivity index (χ0n) is 13.0. The van der Waals surface area contributed by atoms with Gasteiger partial charge in [-0.3, -0.25) is 4.79 Å². The number of benzene rings is 1. The molecule has 0 aliphatic rings. The van der Waals surface area contributed by atoms with Crippen LogP contribution >= 0.6 is 0 Å². The van der Waals surface area contributed by atoms with Crippen LogP contribution in [0.25, 0.3) is 11.5 Å². The SMILES string of the molecule is COc1ccc(-c2nnc(CCCCCCC(=O)O)o2)c(O)c1. The lowest BCUT2D eigenvalue weighted by Crippen LogP contribution is -1.94. The number of unbranched alkanes of at least 4 members (excludes halogenated alkanes) is 3. The van der Waals surface area contributed by atoms with Gasteiger partial charge in [-0.2, -0.15) is 0 Å². The Bertz CT molecular complexity index is 654. The lowest BCUT2D eigenvalue weighted by Gasteiger charge is -2.03. The molecule has 0 amide bonds. The first-order chi connectivity index (χ1) is 11.1. The molecule has 0 saturated carbocycles. The Kier molecular flexibility index (Phi) is 5.96. The van der Waals surface area contributed by atoms with Crippen molar-refractivity contribution in [3.8, 4) is 23.0 Å². The molecule has 2 rings (SSSR count). The standard InChI is InChI=1S/C16H20N2O5/c1-22-11-8-9-12(13(19)10-11)16-18-17-14(23-16)6-4-2-3-5-7-15(20)21/h8-10,19H,2-7H2,1H3,(H,20,21). The second kappa shape index (κ2) is 8.17. The van der Waals surface area contributed by atoms with Gasteiger partial charge in [0.05, 0.1) is 12.7 Å². The topological polar surface area (TPSA) is 106 Å². The molecule has 0 unspecified atom stereocenters. The van der Waals surface area contributed by atoms with E-state index in [2.05, 4.69) is 10.2 Å². The van der Waals surface area contributed by atoms with Crippen LogP contribution in [0, 0.1) is 0 Å². The predicted octanol–water partition coefficient (Wildman–Crippen LogP) is 3.03. The highest BCUT2D eigenvalue weighted by Crippen LogP contribution is 2.31. The summed E-state index contributed by atoms with van der Waals surface area (Å²) in [5.74, 6) is 0.589. The van der Waals surface area contributed by atoms with Gasteiger partial charge in [0.25, 0.3) is 5.89 Å². The molecule has 0 fully saturated rings. The van der Waals surface area contributed by atoms with Gasteiger partial charge in [0.2, 0.25) is 5.89 Å². The average Bonchev–Trinajstić information content (AvgIpc) is 2.98. The number of carboxylic acid groups (broad SMARTS) is 1. The van der Waals surface area contributed by atoms with Gasteiger partial charge in [-0.1, -0.05) is 12.8 Å². The number of methoxy groups -OCH3 is 1. The molecule has 0 spiro atoms. The van der Waals surface area contributed by atoms with E-state index in [9.17, 15) is 9.90 Å². The van der Waals surface area contributed by atoms with Crippen molar-refractivity contribution in [3.63, 3.8) is 0 Å². The van der Waals surface area contributed by atoms with Crippen molar-refractivity contribution < 1.29 is 24.2 Å². The van der Waals surface area contributed by atoms with Crippen molar-refractivity contribution in [2.75, 3.05) is 7.11 Å². The van der Waals surface area contributed by atoms with Gasteiger partial charge < -0.3 is 19.4 Å². The highest BCUT2D eigenvalue weighted by atomic mass is 16.5. The Morgan fingerprint density at radius 3 is 2.70 bits per heavy atom. The fourth-order valence-corrected chi connectivity index (χ4v) is 2.19. The molecule has 7 heteroatoms. The molecular weight excluding hydrogens is 300 g/mol. The number of aliphatic carboxylic acids is 1. The van der Waals surface area contributed by atoms with Crippen molar-refractivity contribution >= 4 is 5.97 Å². The Hall–Kier alpha value is -2.57. The molecule has 2 aromatic rings. The zero-order chi connectivity index (χ0) is 16.7. The maximum atomic E-state index is 10.4. The van der Waals surface area contributed by atoms with Crippen LogP contribution in [0.5, 0.6) is 11.5 Å². The van der Waals surface area contributed by atoms with Gasteiger partial charge >= 0.3 is 5.97 Å². The minimum absolute atomic E-state index is 0.0215. The summed E-state index contributed by atoms with van der Waals surface area (Å²) in [7, 11) is 1.52. The summed E-state index contributed by atoms with van der Waals surface area (Å²) >= 11 is 0. The number of hydrogen-bond donors (Lipinski definition) is 2. The van der Waals surface area contributed by atoms with Crippen molar-refractivity contribution in [1.29, 1.82) is 0 Å². The summed E-state index contributed by atoms with van der Waals surface area (Å²) in [5, 5.41) is 26.4. The smallest absolute Gasteiger partial charge is 0.303 e. The average molecular weight is 320 g/mol. The fraction of sp³-hybridized carbons (Fsp3) is 0.438. The third-order valence-corrected chi connectivity index (χ3v) is 3.43. The van der Waals surface area contributed by atoms with E-state index in [0.29, 0.717) is 30.0 Å². The van der Waals surface area contributed by atoms with Crippen molar-refractivity contribution in [1.82, 2.24) is 10.2 Å². The van der Waals surface area contributed by atoms with Crippen LogP contribution in [0.3, 0.4) is 0 Å². The normalized spacial score (nSPS) is 10.7. The van der Waals surface area contributed by atoms with Crippen LogP contribution in [-0.2, 0) is 11.2 Å². The highest BCUT2D eigenvalue weighted by molar-refractivity contribution is 5.66. The van der Waals surface area contributed by atoms with Gasteiger partial charge in [-0.15, -0.1) is 10.2 Å². The van der Waals surface area contributed by atoms with E-state index in [4.69, 9.17) is 14.3 Å². The number of carboxylic acids is 1. The highest BCUT2D eigenvalue weighted by Gasteiger charge is 2.13. The molecule has 1 heterocycles. The van der Waals surface area contributed by atoms with Gasteiger partial charge in [-0.25, -0.2) is 0 Å². The molecule has 0 radical (unpaired) electrons. The number of phenols is 1. The number of hydrogen-bond acceptors (Lipinski definition) is 6. The summed E-state index contributed by atoms with van der Waals surface area (Å²) in [6, 6.07) is 4.86. The minimum atomic E-state index is -0.758. The van der Waals surface area contributed by atoms with E-state index < -0.39 is 5.97 Å². The van der Waals surface area contributed by atoms with E-state index in [1.165, 1.54) is 13.2 Å². The lowest BCUT2D eigenvalue weighted by atomic mass is 10.1. The lowest BCUT2D eigenvalue weighted by molar-refractivity contribution is -0.137. The van der Waals surface area contributed by atoms with Crippen LogP contribution < -0.4 is 4.74 Å². The summed E-state index contributed by atoms with van der Waals surface area (Å²) < 4.78 is 10.6. The number of ether oxygens (including phenoxy) is 1. The molecule has 1 aromatic carbocycles. The first-order valence-electron chi connectivity index (χ1n) is 7.51. The molecule has 0 bridgehead atoms. The number of carbonyl (C=O) groups is 1. The second-order valence-electron chi connectivity index (χ2n) is 5.19. The Labute approximate surface area is 133 Å². The summed E-state index contributed by atoms with van der Waals surface area (Å²) in [6.07, 6.45) is 4.17. The molecule has 23 heavy (non-hydrogen) atoms. The van der Waals surface area contributed by atoms with Gasteiger partial charge in [0.1, 0.15) is 11.5 Å². The molecule has 2 N–H and O–H groups in total. The maximum Gasteiger partial charge on any atom is 0.303 e. The monoisotopic (exact) mass is 320 g/mol. The van der Waals surface area contributed by atoms with Crippen molar-refractivity contribution in [2.45, 2.75) is 38.5 Å². The molecule has 0 atom stereocenters. The largest absolute Gasteiger partial charge is 0.507 e. The van der Waals surface area contributed by atoms with E-state index in [1.54, 1.807) is 12.1 Å². The Morgan fingerprint density at radius 1 is 1.22 bits per heavy atom. The third-order valence-electron chi connectivity index (χ3n) is 3.43. The number of aryl methyl sites for hydroxylation is 1. The molecule has 124 valence electrons. The van der Waals surface area contributed by atoms with E-state index >= 15 is 0 Å². The van der Waals surface area contributed by atoms with Crippen LogP contribution in [0.2, 0.25) is 0 Å². The number of nitrogens with zero attached hydrogens (tertiary/aromatic N) is 2. The second-order valence-corrected chi connectivity index (χ2v) is 5.19. The van der Waals surface area contributed by atoms with E-state index in [-0.39, 0.29) is 18.1 Å². The van der Waals surface area contributed by atoms with E-state index in [0.717, 1.165) is 19.3 Å². The van der Waals surface area contributed by atoms with Crippen LogP contribution in [0.15, 0.2) is 22.6 Å². The summed E-state index contributed by atoms with van der Waals surface area (Å²) in [4.78, 5) is 10.4. The van der Waals surface area contributed by atoms with Gasteiger partial charge in [0, 0.05) is 18.9 Å². The van der Waals surface area contributed by atoms with E-state index in [1.807, 2.05) is 0 Å². The summed E-state index contributed by atoms with van der Waals surface area (Å²) in [6.45, 7) is 0. The predicted molar refractivity (Wildman–Crippen MR) is 82.4 cm³/mol. The number of rotatable bonds is 9. The number of aromatic nitrogens is 2. The van der Waals surface area contributed by atoms with Crippen molar-refractivity contribution in [2.24, 2.45) is 0 Å². The first kappa shape index (κ1) is 16.8. The summed E-state index contributed by atoms with van der Waals surface area (Å²) in [5.41, 5.74) is 0.464. The van der Waals surface area contributed by atoms with Gasteiger partial charge in [0.15, 0.2) is 0 Å². The number of aromatic hydroxyl groups is 1. The Morgan fingerprint density at radius 2 is 2.00 bits per heavy atom. The first-order valence-corrected chi connectivity index (χ1v) is 7.51. The molecule has 0 aliphatic heterocycles. The van der Waals surface area contributed by atoms with Gasteiger partial charge in [-0.05, 0) is 25.0 Å². The van der Waals surface area contributed by atoms with Crippen LogP contribution in [0.4, 0.5) is 0 Å². The zero-order valence-corrected chi connectivity index (χ0v) is 13.0. The quantitative estimate of drug-likeness (QED) is 0.684. The molecule has 0 aliphatic carbocycles. The molecule has 1 aromatic heterocycles. The minimum Gasteiger partial charge on any atom is -0.507 e. The molecule has 7 nitrogen and oxygen atoms in total. The Balaban J connectivity index is 1.85. The fourth-order valence-electron chi connectivity index (χ4n) is 2.19. The van der Waals surface area contributed by atoms with Crippen LogP contribution in [0.1, 0.15) is 38.0 Å². The van der Waals surface area contributed by atoms with Crippen LogP contribution in [-0.4, -0.2) is 33.5 Å². The molecular formula is C16H20N2O5. The third kappa shape index (κ3) is 4.98.